The van der Waals surface area contributed by atoms with Crippen LogP contribution in [-0.4, -0.2) is 18.1 Å². The Kier molecular flexibility index (Phi) is 3.35. The number of esters is 1. The number of nitrogens with zero attached hydrogens (tertiary/aromatic N) is 1. The smallest absolute Gasteiger partial charge is 0.307 e. The first-order chi connectivity index (χ1) is 8.22. The van der Waals surface area contributed by atoms with Gasteiger partial charge in [0.15, 0.2) is 0 Å². The molecule has 0 saturated heterocycles. The molecular weight excluding hydrogens is 216 g/mol. The molecule has 0 bridgehead atoms. The number of ether oxygens (including phenoxy) is 1. The van der Waals surface area contributed by atoms with Gasteiger partial charge in [0.2, 0.25) is 0 Å². The topological polar surface area (TPSA) is 65.2 Å². The molecule has 0 aliphatic heterocycles. The van der Waals surface area contributed by atoms with Crippen molar-refractivity contribution in [1.29, 1.82) is 0 Å². The van der Waals surface area contributed by atoms with Gasteiger partial charge in [-0.15, -0.1) is 0 Å². The number of nitrogens with two attached hydrogens (primary N) is 1. The van der Waals surface area contributed by atoms with Crippen molar-refractivity contribution < 1.29 is 9.53 Å². The van der Waals surface area contributed by atoms with Crippen LogP contribution in [0.15, 0.2) is 36.5 Å². The van der Waals surface area contributed by atoms with E-state index < -0.39 is 0 Å². The molecular formula is C13H14N2O2. The lowest BCUT2D eigenvalue weighted by atomic mass is 10.0. The van der Waals surface area contributed by atoms with E-state index in [1.54, 1.807) is 6.20 Å². The summed E-state index contributed by atoms with van der Waals surface area (Å²) in [6.45, 7) is 0. The molecule has 1 aromatic heterocycles. The highest BCUT2D eigenvalue weighted by atomic mass is 16.5. The Bertz CT molecular complexity index is 534. The third-order valence-electron chi connectivity index (χ3n) is 2.70. The number of methoxy groups -OCH3 is 1. The summed E-state index contributed by atoms with van der Waals surface area (Å²) in [7, 11) is 1.36. The predicted octanol–water partition coefficient (Wildman–Crippen LogP) is 1.80. The zero-order valence-corrected chi connectivity index (χ0v) is 9.59. The Morgan fingerprint density at radius 2 is 2.18 bits per heavy atom. The van der Waals surface area contributed by atoms with Crippen LogP contribution in [0.3, 0.4) is 0 Å². The molecule has 1 atom stereocenters. The molecule has 4 nitrogen and oxygen atoms in total. The molecule has 0 spiro atoms. The van der Waals surface area contributed by atoms with Crippen LogP contribution in [0.2, 0.25) is 0 Å². The summed E-state index contributed by atoms with van der Waals surface area (Å²) in [5.74, 6) is -0.307. The molecule has 88 valence electrons. The number of aromatic nitrogens is 1. The van der Waals surface area contributed by atoms with Crippen LogP contribution in [-0.2, 0) is 9.53 Å². The van der Waals surface area contributed by atoms with Crippen molar-refractivity contribution in [3.05, 3.63) is 42.1 Å². The lowest BCUT2D eigenvalue weighted by Crippen LogP contribution is -2.16. The van der Waals surface area contributed by atoms with E-state index in [0.29, 0.717) is 0 Å². The van der Waals surface area contributed by atoms with E-state index in [1.807, 2.05) is 30.3 Å². The second-order valence-electron chi connectivity index (χ2n) is 3.80. The summed E-state index contributed by atoms with van der Waals surface area (Å²) in [6, 6.07) is 9.20. The van der Waals surface area contributed by atoms with E-state index in [-0.39, 0.29) is 18.4 Å². The Balaban J connectivity index is 2.38. The number of fused-ring (bicyclic) bond motifs is 1. The van der Waals surface area contributed by atoms with Gasteiger partial charge >= 0.3 is 5.97 Å². The van der Waals surface area contributed by atoms with Crippen molar-refractivity contribution >= 4 is 16.9 Å². The number of rotatable bonds is 3. The van der Waals surface area contributed by atoms with Crippen molar-refractivity contribution in [2.45, 2.75) is 12.5 Å². The Hall–Kier alpha value is -1.94. The zero-order chi connectivity index (χ0) is 12.3. The second-order valence-corrected chi connectivity index (χ2v) is 3.80. The highest BCUT2D eigenvalue weighted by Gasteiger charge is 2.14. The zero-order valence-electron chi connectivity index (χ0n) is 9.59. The molecule has 0 saturated carbocycles. The average molecular weight is 230 g/mol. The molecule has 1 heterocycles. The van der Waals surface area contributed by atoms with Crippen molar-refractivity contribution in [3.8, 4) is 0 Å². The average Bonchev–Trinajstić information content (AvgIpc) is 2.37. The van der Waals surface area contributed by atoms with Crippen molar-refractivity contribution in [1.82, 2.24) is 4.98 Å². The van der Waals surface area contributed by atoms with Crippen molar-refractivity contribution in [2.75, 3.05) is 7.11 Å². The molecule has 2 rings (SSSR count). The molecule has 1 aromatic carbocycles. The molecule has 0 aliphatic carbocycles. The van der Waals surface area contributed by atoms with Gasteiger partial charge < -0.3 is 10.5 Å². The molecule has 2 aromatic rings. The number of carbonyl (C=O) groups excluding carboxylic acids is 1. The second kappa shape index (κ2) is 4.93. The van der Waals surface area contributed by atoms with Crippen LogP contribution in [0, 0.1) is 0 Å². The quantitative estimate of drug-likeness (QED) is 0.816. The van der Waals surface area contributed by atoms with E-state index >= 15 is 0 Å². The summed E-state index contributed by atoms with van der Waals surface area (Å²) in [4.78, 5) is 15.5. The summed E-state index contributed by atoms with van der Waals surface area (Å²) in [6.07, 6.45) is 1.87. The third kappa shape index (κ3) is 2.42. The van der Waals surface area contributed by atoms with Gasteiger partial charge in [-0.1, -0.05) is 18.2 Å². The van der Waals surface area contributed by atoms with Crippen LogP contribution >= 0.6 is 0 Å². The molecule has 0 radical (unpaired) electrons. The number of benzene rings is 1. The fraction of sp³-hybridized carbons (Fsp3) is 0.231. The van der Waals surface area contributed by atoms with E-state index in [0.717, 1.165) is 16.5 Å². The number of hydrogen-bond donors (Lipinski definition) is 1. The molecule has 2 N–H and O–H groups in total. The number of pyridine rings is 1. The normalized spacial score (nSPS) is 12.4. The van der Waals surface area contributed by atoms with E-state index in [2.05, 4.69) is 9.72 Å². The fourth-order valence-electron chi connectivity index (χ4n) is 1.81. The SMILES string of the molecule is COC(=O)C[C@H](N)c1ccnc2ccccc12. The van der Waals surface area contributed by atoms with Crippen LogP contribution in [0.1, 0.15) is 18.0 Å². The van der Waals surface area contributed by atoms with Crippen LogP contribution in [0.4, 0.5) is 0 Å². The molecule has 0 fully saturated rings. The van der Waals surface area contributed by atoms with Gasteiger partial charge in [0.1, 0.15) is 0 Å². The third-order valence-corrected chi connectivity index (χ3v) is 2.70. The molecule has 17 heavy (non-hydrogen) atoms. The maximum absolute atomic E-state index is 11.2. The minimum atomic E-state index is -0.365. The fourth-order valence-corrected chi connectivity index (χ4v) is 1.81. The van der Waals surface area contributed by atoms with Gasteiger partial charge in [-0.3, -0.25) is 9.78 Å². The highest BCUT2D eigenvalue weighted by molar-refractivity contribution is 5.83. The van der Waals surface area contributed by atoms with Gasteiger partial charge in [0, 0.05) is 17.6 Å². The van der Waals surface area contributed by atoms with E-state index in [1.165, 1.54) is 7.11 Å². The summed E-state index contributed by atoms with van der Waals surface area (Å²) >= 11 is 0. The van der Waals surface area contributed by atoms with Crippen LogP contribution in [0.25, 0.3) is 10.9 Å². The van der Waals surface area contributed by atoms with Gasteiger partial charge in [-0.2, -0.15) is 0 Å². The minimum Gasteiger partial charge on any atom is -0.469 e. The summed E-state index contributed by atoms with van der Waals surface area (Å²) in [5.41, 5.74) is 7.81. The maximum Gasteiger partial charge on any atom is 0.307 e. The Morgan fingerprint density at radius 3 is 2.94 bits per heavy atom. The highest BCUT2D eigenvalue weighted by Crippen LogP contribution is 2.23. The maximum atomic E-state index is 11.2. The van der Waals surface area contributed by atoms with Gasteiger partial charge in [-0.25, -0.2) is 0 Å². The molecule has 0 unspecified atom stereocenters. The standard InChI is InChI=1S/C13H14N2O2/c1-17-13(16)8-11(14)9-6-7-15-12-5-3-2-4-10(9)12/h2-7,11H,8,14H2,1H3/t11-/m0/s1. The predicted molar refractivity (Wildman–Crippen MR) is 65.3 cm³/mol. The van der Waals surface area contributed by atoms with E-state index in [4.69, 9.17) is 5.73 Å². The summed E-state index contributed by atoms with van der Waals surface area (Å²) in [5, 5.41) is 0.978. The lowest BCUT2D eigenvalue weighted by Gasteiger charge is -2.12. The Morgan fingerprint density at radius 1 is 1.41 bits per heavy atom. The van der Waals surface area contributed by atoms with Gasteiger partial charge in [0.05, 0.1) is 19.0 Å². The first-order valence-corrected chi connectivity index (χ1v) is 5.38. The number of hydrogen-bond acceptors (Lipinski definition) is 4. The van der Waals surface area contributed by atoms with Crippen LogP contribution < -0.4 is 5.73 Å². The van der Waals surface area contributed by atoms with Gasteiger partial charge in [0.25, 0.3) is 0 Å². The number of carbonyl (C=O) groups is 1. The van der Waals surface area contributed by atoms with E-state index in [9.17, 15) is 4.79 Å². The van der Waals surface area contributed by atoms with Crippen molar-refractivity contribution in [3.63, 3.8) is 0 Å². The van der Waals surface area contributed by atoms with Gasteiger partial charge in [-0.05, 0) is 17.7 Å². The lowest BCUT2D eigenvalue weighted by molar-refractivity contribution is -0.141. The Labute approximate surface area is 99.4 Å². The number of para-hydroxylation sites is 1. The summed E-state index contributed by atoms with van der Waals surface area (Å²) < 4.78 is 4.62. The van der Waals surface area contributed by atoms with Crippen molar-refractivity contribution in [2.24, 2.45) is 5.73 Å². The largest absolute Gasteiger partial charge is 0.469 e. The first-order valence-electron chi connectivity index (χ1n) is 5.38. The molecule has 0 aliphatic rings. The molecule has 0 amide bonds. The first kappa shape index (κ1) is 11.5. The minimum absolute atomic E-state index is 0.171. The van der Waals surface area contributed by atoms with Crippen LogP contribution in [0.5, 0.6) is 0 Å². The molecule has 4 heteroatoms. The monoisotopic (exact) mass is 230 g/mol.